The van der Waals surface area contributed by atoms with Crippen LogP contribution in [0.3, 0.4) is 0 Å². The highest BCUT2D eigenvalue weighted by atomic mass is 32.1. The summed E-state index contributed by atoms with van der Waals surface area (Å²) in [6.45, 7) is 7.48. The largest absolute Gasteiger partial charge is 0.347 e. The molecule has 0 radical (unpaired) electrons. The number of hydrogen-bond acceptors (Lipinski definition) is 4. The van der Waals surface area contributed by atoms with Gasteiger partial charge in [0.2, 0.25) is 0 Å². The van der Waals surface area contributed by atoms with Gasteiger partial charge in [0, 0.05) is 18.7 Å². The van der Waals surface area contributed by atoms with Crippen molar-refractivity contribution in [3.05, 3.63) is 75.3 Å². The second-order valence-corrected chi connectivity index (χ2v) is 8.49. The molecule has 4 nitrogen and oxygen atoms in total. The Labute approximate surface area is 171 Å². The Bertz CT molecular complexity index is 974. The molecule has 2 aromatic carbocycles. The fourth-order valence-electron chi connectivity index (χ4n) is 3.17. The molecule has 28 heavy (non-hydrogen) atoms. The summed E-state index contributed by atoms with van der Waals surface area (Å²) in [7, 11) is 4.11. The highest BCUT2D eigenvalue weighted by molar-refractivity contribution is 7.17. The van der Waals surface area contributed by atoms with E-state index in [1.807, 2.05) is 6.92 Å². The van der Waals surface area contributed by atoms with Crippen LogP contribution in [0.1, 0.15) is 37.6 Å². The lowest BCUT2D eigenvalue weighted by molar-refractivity contribution is 0.0954. The Balaban J connectivity index is 1.69. The maximum atomic E-state index is 12.7. The van der Waals surface area contributed by atoms with Gasteiger partial charge in [0.1, 0.15) is 9.88 Å². The van der Waals surface area contributed by atoms with Crippen LogP contribution in [0.2, 0.25) is 0 Å². The predicted octanol–water partition coefficient (Wildman–Crippen LogP) is 4.73. The van der Waals surface area contributed by atoms with Gasteiger partial charge in [0.15, 0.2) is 0 Å². The third kappa shape index (κ3) is 4.86. The first kappa shape index (κ1) is 20.2. The fraction of sp³-hybridized carbons (Fsp3) is 0.304. The lowest BCUT2D eigenvalue weighted by Gasteiger charge is -2.10. The molecule has 0 bridgehead atoms. The van der Waals surface area contributed by atoms with Gasteiger partial charge in [0.25, 0.3) is 5.91 Å². The molecule has 3 rings (SSSR count). The number of aryl methyl sites for hydroxylation is 3. The molecule has 0 saturated heterocycles. The quantitative estimate of drug-likeness (QED) is 0.659. The molecule has 0 unspecified atom stereocenters. The molecule has 5 heteroatoms. The lowest BCUT2D eigenvalue weighted by Crippen LogP contribution is -2.22. The van der Waals surface area contributed by atoms with Crippen molar-refractivity contribution < 1.29 is 4.79 Å². The zero-order valence-electron chi connectivity index (χ0n) is 17.2. The molecular formula is C23H27N3OS. The zero-order valence-corrected chi connectivity index (χ0v) is 18.0. The van der Waals surface area contributed by atoms with E-state index in [-0.39, 0.29) is 5.91 Å². The van der Waals surface area contributed by atoms with E-state index >= 15 is 0 Å². The first-order chi connectivity index (χ1) is 13.3. The van der Waals surface area contributed by atoms with Crippen molar-refractivity contribution in [3.8, 4) is 10.6 Å². The minimum atomic E-state index is -0.0663. The predicted molar refractivity (Wildman–Crippen MR) is 117 cm³/mol. The Morgan fingerprint density at radius 1 is 1.04 bits per heavy atom. The van der Waals surface area contributed by atoms with Crippen molar-refractivity contribution in [1.82, 2.24) is 15.2 Å². The molecule has 0 aliphatic rings. The van der Waals surface area contributed by atoms with Gasteiger partial charge in [-0.25, -0.2) is 4.98 Å². The molecule has 0 fully saturated rings. The van der Waals surface area contributed by atoms with Crippen molar-refractivity contribution in [1.29, 1.82) is 0 Å². The van der Waals surface area contributed by atoms with Gasteiger partial charge in [0.05, 0.1) is 5.69 Å². The summed E-state index contributed by atoms with van der Waals surface area (Å²) < 4.78 is 0. The summed E-state index contributed by atoms with van der Waals surface area (Å²) in [6, 6.07) is 14.7. The number of nitrogens with zero attached hydrogens (tertiary/aromatic N) is 2. The van der Waals surface area contributed by atoms with E-state index in [9.17, 15) is 4.79 Å². The van der Waals surface area contributed by atoms with Crippen LogP contribution < -0.4 is 5.32 Å². The van der Waals surface area contributed by atoms with Gasteiger partial charge in [-0.2, -0.15) is 0 Å². The van der Waals surface area contributed by atoms with Gasteiger partial charge >= 0.3 is 0 Å². The number of hydrogen-bond donors (Lipinski definition) is 1. The Hall–Kier alpha value is -2.50. The number of carbonyl (C=O) groups excluding carboxylic acids is 1. The first-order valence-corrected chi connectivity index (χ1v) is 10.2. The van der Waals surface area contributed by atoms with E-state index in [4.69, 9.17) is 0 Å². The molecule has 1 N–H and O–H groups in total. The molecule has 3 aromatic rings. The summed E-state index contributed by atoms with van der Waals surface area (Å²) in [5.74, 6) is -0.0663. The first-order valence-electron chi connectivity index (χ1n) is 9.39. The van der Waals surface area contributed by atoms with Crippen LogP contribution >= 0.6 is 11.3 Å². The number of carbonyl (C=O) groups is 1. The van der Waals surface area contributed by atoms with Crippen LogP contribution in [0.4, 0.5) is 0 Å². The average molecular weight is 394 g/mol. The number of nitrogens with one attached hydrogen (secondary N) is 1. The third-order valence-electron chi connectivity index (χ3n) is 4.59. The van der Waals surface area contributed by atoms with Crippen LogP contribution in [-0.2, 0) is 13.1 Å². The molecule has 1 amide bonds. The normalized spacial score (nSPS) is 11.1. The average Bonchev–Trinajstić information content (AvgIpc) is 3.02. The molecule has 0 atom stereocenters. The van der Waals surface area contributed by atoms with Crippen LogP contribution in [0.5, 0.6) is 0 Å². The second-order valence-electron chi connectivity index (χ2n) is 7.49. The summed E-state index contributed by atoms with van der Waals surface area (Å²) in [5.41, 5.74) is 6.62. The van der Waals surface area contributed by atoms with Gasteiger partial charge in [-0.15, -0.1) is 11.3 Å². The smallest absolute Gasteiger partial charge is 0.263 e. The van der Waals surface area contributed by atoms with E-state index in [0.717, 1.165) is 28.4 Å². The Kier molecular flexibility index (Phi) is 6.27. The maximum absolute atomic E-state index is 12.7. The zero-order chi connectivity index (χ0) is 20.3. The minimum absolute atomic E-state index is 0.0663. The monoisotopic (exact) mass is 393 g/mol. The molecule has 0 aliphatic carbocycles. The maximum Gasteiger partial charge on any atom is 0.263 e. The molecular weight excluding hydrogens is 366 g/mol. The van der Waals surface area contributed by atoms with E-state index in [2.05, 4.69) is 85.6 Å². The van der Waals surface area contributed by atoms with Crippen molar-refractivity contribution in [2.24, 2.45) is 0 Å². The Morgan fingerprint density at radius 2 is 1.71 bits per heavy atom. The van der Waals surface area contributed by atoms with Crippen molar-refractivity contribution in [2.45, 2.75) is 33.9 Å². The van der Waals surface area contributed by atoms with Gasteiger partial charge in [-0.05, 0) is 51.6 Å². The summed E-state index contributed by atoms with van der Waals surface area (Å²) in [6.07, 6.45) is 0. The fourth-order valence-corrected chi connectivity index (χ4v) is 4.24. The molecule has 0 saturated carbocycles. The van der Waals surface area contributed by atoms with Crippen molar-refractivity contribution >= 4 is 17.2 Å². The number of benzene rings is 2. The van der Waals surface area contributed by atoms with E-state index in [1.54, 1.807) is 0 Å². The molecule has 1 aromatic heterocycles. The highest BCUT2D eigenvalue weighted by Gasteiger charge is 2.17. The second kappa shape index (κ2) is 8.67. The number of thiazole rings is 1. The number of aromatic nitrogens is 1. The van der Waals surface area contributed by atoms with Crippen LogP contribution in [-0.4, -0.2) is 29.9 Å². The topological polar surface area (TPSA) is 45.2 Å². The SMILES string of the molecule is Cc1ccc(-c2nc(C)c(C(=O)NCc3ccc(CN(C)C)cc3)s2)c(C)c1. The van der Waals surface area contributed by atoms with Gasteiger partial charge < -0.3 is 10.2 Å². The van der Waals surface area contributed by atoms with Crippen molar-refractivity contribution in [2.75, 3.05) is 14.1 Å². The molecule has 1 heterocycles. The van der Waals surface area contributed by atoms with Crippen molar-refractivity contribution in [3.63, 3.8) is 0 Å². The van der Waals surface area contributed by atoms with E-state index < -0.39 is 0 Å². The van der Waals surface area contributed by atoms with Crippen LogP contribution in [0.15, 0.2) is 42.5 Å². The van der Waals surface area contributed by atoms with Gasteiger partial charge in [-0.3, -0.25) is 4.79 Å². The highest BCUT2D eigenvalue weighted by Crippen LogP contribution is 2.30. The number of amides is 1. The molecule has 146 valence electrons. The minimum Gasteiger partial charge on any atom is -0.347 e. The standard InChI is InChI=1S/C23H27N3OS/c1-15-6-11-20(16(2)12-15)23-25-17(3)21(28-23)22(27)24-13-18-7-9-19(10-8-18)14-26(4)5/h6-12H,13-14H2,1-5H3,(H,24,27). The molecule has 0 aliphatic heterocycles. The number of rotatable bonds is 6. The van der Waals surface area contributed by atoms with E-state index in [0.29, 0.717) is 11.4 Å². The summed E-state index contributed by atoms with van der Waals surface area (Å²) in [4.78, 5) is 20.1. The van der Waals surface area contributed by atoms with E-state index in [1.165, 1.54) is 28.0 Å². The molecule has 0 spiro atoms. The summed E-state index contributed by atoms with van der Waals surface area (Å²) in [5, 5.41) is 3.92. The van der Waals surface area contributed by atoms with Crippen LogP contribution in [0.25, 0.3) is 10.6 Å². The Morgan fingerprint density at radius 3 is 2.36 bits per heavy atom. The third-order valence-corrected chi connectivity index (χ3v) is 5.78. The van der Waals surface area contributed by atoms with Crippen LogP contribution in [0, 0.1) is 20.8 Å². The van der Waals surface area contributed by atoms with Gasteiger partial charge in [-0.1, -0.05) is 48.0 Å². The lowest BCUT2D eigenvalue weighted by atomic mass is 10.1. The summed E-state index contributed by atoms with van der Waals surface area (Å²) >= 11 is 1.46.